The fraction of sp³-hybridized carbons (Fsp3) is 0.143. The molecule has 0 bridgehead atoms. The van der Waals surface area contributed by atoms with E-state index >= 15 is 0 Å². The van der Waals surface area contributed by atoms with Gasteiger partial charge in [-0.15, -0.1) is 0 Å². The zero-order chi connectivity index (χ0) is 13.0. The van der Waals surface area contributed by atoms with Gasteiger partial charge in [0.25, 0.3) is 0 Å². The topological polar surface area (TPSA) is 12.0 Å². The molecule has 0 atom stereocenters. The molecule has 0 aliphatic rings. The molecular formula is C14H12BrF2N. The molecule has 0 amide bonds. The van der Waals surface area contributed by atoms with Crippen LogP contribution in [-0.4, -0.2) is 0 Å². The lowest BCUT2D eigenvalue weighted by Crippen LogP contribution is -2.13. The second-order valence-electron chi connectivity index (χ2n) is 4.01. The van der Waals surface area contributed by atoms with Crippen LogP contribution >= 0.6 is 15.9 Å². The largest absolute Gasteiger partial charge is 0.309 e. The Morgan fingerprint density at radius 2 is 1.56 bits per heavy atom. The Labute approximate surface area is 113 Å². The average molecular weight is 312 g/mol. The van der Waals surface area contributed by atoms with Crippen LogP contribution in [0.5, 0.6) is 0 Å². The molecule has 0 spiro atoms. The third-order valence-electron chi connectivity index (χ3n) is 2.47. The number of halogens is 3. The van der Waals surface area contributed by atoms with Gasteiger partial charge in [-0.1, -0.05) is 28.1 Å². The molecule has 1 N–H and O–H groups in total. The summed E-state index contributed by atoms with van der Waals surface area (Å²) in [6, 6.07) is 11.4. The molecule has 0 fully saturated rings. The van der Waals surface area contributed by atoms with E-state index in [2.05, 4.69) is 21.2 Å². The first kappa shape index (κ1) is 13.2. The minimum Gasteiger partial charge on any atom is -0.309 e. The number of rotatable bonds is 4. The Balaban J connectivity index is 1.92. The van der Waals surface area contributed by atoms with Gasteiger partial charge in [0, 0.05) is 23.6 Å². The molecule has 0 aromatic heterocycles. The first-order valence-corrected chi connectivity index (χ1v) is 6.33. The summed E-state index contributed by atoms with van der Waals surface area (Å²) in [6.07, 6.45) is 0. The lowest BCUT2D eigenvalue weighted by Gasteiger charge is -2.06. The molecule has 0 saturated carbocycles. The summed E-state index contributed by atoms with van der Waals surface area (Å²) in [7, 11) is 0. The van der Waals surface area contributed by atoms with E-state index in [1.807, 2.05) is 24.3 Å². The van der Waals surface area contributed by atoms with Crippen molar-refractivity contribution in [2.45, 2.75) is 13.1 Å². The van der Waals surface area contributed by atoms with Crippen LogP contribution in [0, 0.1) is 11.6 Å². The van der Waals surface area contributed by atoms with Crippen molar-refractivity contribution in [2.75, 3.05) is 0 Å². The Hall–Kier alpha value is -1.26. The van der Waals surface area contributed by atoms with Crippen LogP contribution in [0.15, 0.2) is 46.9 Å². The number of hydrogen-bond donors (Lipinski definition) is 1. The van der Waals surface area contributed by atoms with Crippen LogP contribution in [0.1, 0.15) is 11.1 Å². The fourth-order valence-corrected chi connectivity index (χ4v) is 2.16. The summed E-state index contributed by atoms with van der Waals surface area (Å²) in [5.41, 5.74) is 1.71. The van der Waals surface area contributed by atoms with Crippen LogP contribution in [0.3, 0.4) is 0 Å². The predicted octanol–water partition coefficient (Wildman–Crippen LogP) is 4.02. The van der Waals surface area contributed by atoms with Crippen molar-refractivity contribution in [3.63, 3.8) is 0 Å². The molecule has 0 aliphatic carbocycles. The van der Waals surface area contributed by atoms with Crippen LogP contribution in [0.25, 0.3) is 0 Å². The van der Waals surface area contributed by atoms with Gasteiger partial charge in [0.15, 0.2) is 0 Å². The van der Waals surface area contributed by atoms with E-state index in [9.17, 15) is 8.78 Å². The molecule has 2 aromatic rings. The van der Waals surface area contributed by atoms with Crippen molar-refractivity contribution < 1.29 is 8.78 Å². The molecule has 0 unspecified atom stereocenters. The Morgan fingerprint density at radius 3 is 2.22 bits per heavy atom. The van der Waals surface area contributed by atoms with Crippen molar-refractivity contribution >= 4 is 15.9 Å². The van der Waals surface area contributed by atoms with E-state index in [0.29, 0.717) is 18.7 Å². The van der Waals surface area contributed by atoms with Crippen molar-refractivity contribution in [2.24, 2.45) is 0 Å². The minimum atomic E-state index is -0.547. The van der Waals surface area contributed by atoms with Gasteiger partial charge in [-0.2, -0.15) is 0 Å². The minimum absolute atomic E-state index is 0.432. The van der Waals surface area contributed by atoms with E-state index in [4.69, 9.17) is 0 Å². The number of nitrogens with one attached hydrogen (secondary N) is 1. The summed E-state index contributed by atoms with van der Waals surface area (Å²) in [4.78, 5) is 0. The second-order valence-corrected chi connectivity index (χ2v) is 4.93. The highest BCUT2D eigenvalue weighted by Gasteiger charge is 2.00. The molecule has 2 aromatic carbocycles. The van der Waals surface area contributed by atoms with Gasteiger partial charge in [0.1, 0.15) is 11.6 Å². The second kappa shape index (κ2) is 6.07. The van der Waals surface area contributed by atoms with E-state index in [1.165, 1.54) is 12.1 Å². The highest BCUT2D eigenvalue weighted by Crippen LogP contribution is 2.12. The summed E-state index contributed by atoms with van der Waals surface area (Å²) in [6.45, 7) is 1.08. The maximum atomic E-state index is 13.0. The van der Waals surface area contributed by atoms with E-state index < -0.39 is 11.6 Å². The third kappa shape index (κ3) is 3.89. The van der Waals surface area contributed by atoms with Gasteiger partial charge in [-0.25, -0.2) is 8.78 Å². The molecule has 0 radical (unpaired) electrons. The molecular weight excluding hydrogens is 300 g/mol. The summed E-state index contributed by atoms with van der Waals surface area (Å²) in [5.74, 6) is -1.09. The third-order valence-corrected chi connectivity index (χ3v) is 2.96. The summed E-state index contributed by atoms with van der Waals surface area (Å²) < 4.78 is 26.9. The highest BCUT2D eigenvalue weighted by molar-refractivity contribution is 9.10. The lowest BCUT2D eigenvalue weighted by molar-refractivity contribution is 0.575. The van der Waals surface area contributed by atoms with E-state index in [1.54, 1.807) is 0 Å². The molecule has 0 saturated heterocycles. The molecule has 0 aliphatic heterocycles. The van der Waals surface area contributed by atoms with Crippen molar-refractivity contribution in [3.05, 3.63) is 69.7 Å². The molecule has 0 heterocycles. The Kier molecular flexibility index (Phi) is 4.44. The Bertz CT molecular complexity index is 523. The lowest BCUT2D eigenvalue weighted by atomic mass is 10.2. The maximum Gasteiger partial charge on any atom is 0.126 e. The molecule has 2 rings (SSSR count). The summed E-state index contributed by atoms with van der Waals surface area (Å²) >= 11 is 3.39. The van der Waals surface area contributed by atoms with Crippen LogP contribution in [0.4, 0.5) is 8.78 Å². The van der Waals surface area contributed by atoms with Gasteiger partial charge in [0.05, 0.1) is 0 Å². The first-order chi connectivity index (χ1) is 8.63. The van der Waals surface area contributed by atoms with Crippen molar-refractivity contribution in [1.29, 1.82) is 0 Å². The van der Waals surface area contributed by atoms with Crippen molar-refractivity contribution in [1.82, 2.24) is 5.32 Å². The molecule has 18 heavy (non-hydrogen) atoms. The van der Waals surface area contributed by atoms with Gasteiger partial charge in [-0.05, 0) is 35.4 Å². The highest BCUT2D eigenvalue weighted by atomic mass is 79.9. The monoisotopic (exact) mass is 311 g/mol. The normalized spacial score (nSPS) is 10.6. The van der Waals surface area contributed by atoms with Gasteiger partial charge in [-0.3, -0.25) is 0 Å². The molecule has 1 nitrogen and oxygen atoms in total. The van der Waals surface area contributed by atoms with E-state index in [-0.39, 0.29) is 0 Å². The van der Waals surface area contributed by atoms with Crippen molar-refractivity contribution in [3.8, 4) is 0 Å². The van der Waals surface area contributed by atoms with Crippen LogP contribution in [-0.2, 0) is 13.1 Å². The van der Waals surface area contributed by atoms with Gasteiger partial charge in [0.2, 0.25) is 0 Å². The SMILES string of the molecule is Fc1cc(F)cc(CNCc2cccc(Br)c2)c1. The van der Waals surface area contributed by atoms with Gasteiger partial charge < -0.3 is 5.32 Å². The van der Waals surface area contributed by atoms with E-state index in [0.717, 1.165) is 16.1 Å². The van der Waals surface area contributed by atoms with Crippen LogP contribution < -0.4 is 5.32 Å². The zero-order valence-corrected chi connectivity index (χ0v) is 11.2. The smallest absolute Gasteiger partial charge is 0.126 e. The summed E-state index contributed by atoms with van der Waals surface area (Å²) in [5, 5.41) is 3.15. The number of benzene rings is 2. The molecule has 94 valence electrons. The standard InChI is InChI=1S/C14H12BrF2N/c15-12-3-1-2-10(4-12)8-18-9-11-5-13(16)7-14(17)6-11/h1-7,18H,8-9H2. The zero-order valence-electron chi connectivity index (χ0n) is 9.59. The maximum absolute atomic E-state index is 13.0. The van der Waals surface area contributed by atoms with Gasteiger partial charge >= 0.3 is 0 Å². The fourth-order valence-electron chi connectivity index (χ4n) is 1.71. The molecule has 4 heteroatoms. The number of hydrogen-bond acceptors (Lipinski definition) is 1. The first-order valence-electron chi connectivity index (χ1n) is 5.53. The quantitative estimate of drug-likeness (QED) is 0.899. The Morgan fingerprint density at radius 1 is 0.889 bits per heavy atom. The predicted molar refractivity (Wildman–Crippen MR) is 71.0 cm³/mol. The average Bonchev–Trinajstić information content (AvgIpc) is 2.27. The van der Waals surface area contributed by atoms with Crippen LogP contribution in [0.2, 0.25) is 0 Å².